The Labute approximate surface area is 147 Å². The zero-order valence-corrected chi connectivity index (χ0v) is 14.8. The van der Waals surface area contributed by atoms with Gasteiger partial charge in [0.25, 0.3) is 5.91 Å². The number of nitrogens with zero attached hydrogens (tertiary/aromatic N) is 4. The van der Waals surface area contributed by atoms with Gasteiger partial charge in [-0.05, 0) is 31.5 Å². The van der Waals surface area contributed by atoms with Crippen LogP contribution >= 0.6 is 0 Å². The lowest BCUT2D eigenvalue weighted by Crippen LogP contribution is -2.28. The summed E-state index contributed by atoms with van der Waals surface area (Å²) < 4.78 is 7.38. The van der Waals surface area contributed by atoms with Crippen LogP contribution in [0.1, 0.15) is 22.5 Å². The molecule has 0 N–H and O–H groups in total. The molecule has 1 aromatic carbocycles. The number of carbonyl (C=O) groups is 1. The van der Waals surface area contributed by atoms with Crippen molar-refractivity contribution in [2.45, 2.75) is 13.3 Å². The highest BCUT2D eigenvalue weighted by atomic mass is 16.5. The fraction of sp³-hybridized carbons (Fsp3) is 0.316. The van der Waals surface area contributed by atoms with Crippen LogP contribution in [-0.2, 0) is 7.05 Å². The van der Waals surface area contributed by atoms with Crippen LogP contribution in [0.2, 0.25) is 0 Å². The minimum atomic E-state index is -0.0441. The van der Waals surface area contributed by atoms with Crippen molar-refractivity contribution in [3.8, 4) is 5.75 Å². The van der Waals surface area contributed by atoms with Crippen molar-refractivity contribution >= 4 is 16.9 Å². The molecule has 25 heavy (non-hydrogen) atoms. The van der Waals surface area contributed by atoms with Gasteiger partial charge in [-0.25, -0.2) is 4.98 Å². The van der Waals surface area contributed by atoms with Crippen molar-refractivity contribution in [3.63, 3.8) is 0 Å². The molecule has 6 nitrogen and oxygen atoms in total. The number of aryl methyl sites for hydroxylation is 2. The van der Waals surface area contributed by atoms with Crippen molar-refractivity contribution < 1.29 is 9.53 Å². The van der Waals surface area contributed by atoms with Gasteiger partial charge in [0.2, 0.25) is 0 Å². The highest BCUT2D eigenvalue weighted by Crippen LogP contribution is 2.17. The summed E-state index contributed by atoms with van der Waals surface area (Å²) in [4.78, 5) is 18.7. The van der Waals surface area contributed by atoms with Gasteiger partial charge in [0, 0.05) is 32.2 Å². The number of ether oxygens (including phenoxy) is 1. The van der Waals surface area contributed by atoms with Crippen LogP contribution in [0.15, 0.2) is 42.6 Å². The van der Waals surface area contributed by atoms with Crippen LogP contribution in [0.25, 0.3) is 11.0 Å². The summed E-state index contributed by atoms with van der Waals surface area (Å²) in [5.74, 6) is 0.801. The topological polar surface area (TPSA) is 60.2 Å². The van der Waals surface area contributed by atoms with E-state index in [9.17, 15) is 4.79 Å². The Hall–Kier alpha value is -2.89. The molecular formula is C19H22N4O2. The number of benzene rings is 1. The van der Waals surface area contributed by atoms with Crippen molar-refractivity contribution in [1.29, 1.82) is 0 Å². The first-order valence-corrected chi connectivity index (χ1v) is 8.29. The van der Waals surface area contributed by atoms with E-state index < -0.39 is 0 Å². The van der Waals surface area contributed by atoms with E-state index in [1.54, 1.807) is 22.8 Å². The molecule has 0 atom stereocenters. The van der Waals surface area contributed by atoms with Crippen molar-refractivity contribution in [3.05, 3.63) is 53.9 Å². The number of hydrogen-bond acceptors (Lipinski definition) is 4. The number of fused-ring (bicyclic) bond motifs is 1. The number of carbonyl (C=O) groups excluding carboxylic acids is 1. The molecule has 0 fully saturated rings. The van der Waals surface area contributed by atoms with E-state index in [4.69, 9.17) is 4.74 Å². The van der Waals surface area contributed by atoms with Gasteiger partial charge in [-0.15, -0.1) is 0 Å². The molecule has 3 rings (SSSR count). The van der Waals surface area contributed by atoms with Crippen LogP contribution in [0.4, 0.5) is 0 Å². The van der Waals surface area contributed by atoms with Crippen LogP contribution in [0, 0.1) is 6.92 Å². The molecule has 0 saturated heterocycles. The van der Waals surface area contributed by atoms with E-state index >= 15 is 0 Å². The number of para-hydroxylation sites is 1. The lowest BCUT2D eigenvalue weighted by atomic mass is 10.2. The monoisotopic (exact) mass is 338 g/mol. The van der Waals surface area contributed by atoms with Gasteiger partial charge >= 0.3 is 0 Å². The molecule has 2 heterocycles. The first-order chi connectivity index (χ1) is 12.1. The molecule has 0 aliphatic heterocycles. The third-order valence-corrected chi connectivity index (χ3v) is 4.11. The molecule has 130 valence electrons. The van der Waals surface area contributed by atoms with Crippen molar-refractivity contribution in [2.24, 2.45) is 7.05 Å². The number of rotatable bonds is 6. The highest BCUT2D eigenvalue weighted by Gasteiger charge is 2.15. The van der Waals surface area contributed by atoms with Gasteiger partial charge in [0.05, 0.1) is 17.9 Å². The number of amides is 1. The molecule has 0 saturated carbocycles. The fourth-order valence-corrected chi connectivity index (χ4v) is 2.76. The predicted molar refractivity (Wildman–Crippen MR) is 96.8 cm³/mol. The molecular weight excluding hydrogens is 316 g/mol. The first-order valence-electron chi connectivity index (χ1n) is 8.29. The molecule has 2 aromatic heterocycles. The minimum absolute atomic E-state index is 0.0441. The molecule has 0 unspecified atom stereocenters. The van der Waals surface area contributed by atoms with E-state index in [1.807, 2.05) is 50.4 Å². The van der Waals surface area contributed by atoms with Gasteiger partial charge < -0.3 is 9.64 Å². The maximum atomic E-state index is 12.6. The standard InChI is InChI=1S/C19H22N4O2/c1-14-17-12-15(13-20-18(17)23(3)21-14)19(24)22(2)10-7-11-25-16-8-5-4-6-9-16/h4-6,8-9,12-13H,7,10-11H2,1-3H3. The lowest BCUT2D eigenvalue weighted by Gasteiger charge is -2.17. The summed E-state index contributed by atoms with van der Waals surface area (Å²) in [5, 5.41) is 5.25. The Bertz CT molecular complexity index is 874. The van der Waals surface area contributed by atoms with Crippen LogP contribution in [-0.4, -0.2) is 45.8 Å². The number of hydrogen-bond donors (Lipinski definition) is 0. The molecule has 0 aliphatic rings. The Morgan fingerprint density at radius 2 is 2.04 bits per heavy atom. The highest BCUT2D eigenvalue weighted by molar-refractivity contribution is 5.97. The third kappa shape index (κ3) is 3.79. The zero-order valence-electron chi connectivity index (χ0n) is 14.8. The summed E-state index contributed by atoms with van der Waals surface area (Å²) in [6.45, 7) is 3.11. The smallest absolute Gasteiger partial charge is 0.255 e. The molecule has 1 amide bonds. The number of pyridine rings is 1. The van der Waals surface area contributed by atoms with E-state index in [0.29, 0.717) is 18.7 Å². The Morgan fingerprint density at radius 1 is 1.28 bits per heavy atom. The zero-order chi connectivity index (χ0) is 17.8. The normalized spacial score (nSPS) is 10.8. The second-order valence-electron chi connectivity index (χ2n) is 6.05. The van der Waals surface area contributed by atoms with Crippen LogP contribution in [0.3, 0.4) is 0 Å². The van der Waals surface area contributed by atoms with Gasteiger partial charge in [-0.1, -0.05) is 18.2 Å². The molecule has 3 aromatic rings. The maximum Gasteiger partial charge on any atom is 0.255 e. The molecule has 6 heteroatoms. The Morgan fingerprint density at radius 3 is 2.80 bits per heavy atom. The summed E-state index contributed by atoms with van der Waals surface area (Å²) in [6.07, 6.45) is 2.38. The second kappa shape index (κ2) is 7.34. The summed E-state index contributed by atoms with van der Waals surface area (Å²) >= 11 is 0. The summed E-state index contributed by atoms with van der Waals surface area (Å²) in [7, 11) is 3.65. The quantitative estimate of drug-likeness (QED) is 0.649. The lowest BCUT2D eigenvalue weighted by molar-refractivity contribution is 0.0787. The van der Waals surface area contributed by atoms with Crippen molar-refractivity contribution in [1.82, 2.24) is 19.7 Å². The Kier molecular flexibility index (Phi) is 4.97. The maximum absolute atomic E-state index is 12.6. The van der Waals surface area contributed by atoms with Crippen LogP contribution in [0.5, 0.6) is 5.75 Å². The number of aromatic nitrogens is 3. The summed E-state index contributed by atoms with van der Waals surface area (Å²) in [6, 6.07) is 11.5. The van der Waals surface area contributed by atoms with Gasteiger partial charge in [0.1, 0.15) is 5.75 Å². The van der Waals surface area contributed by atoms with Crippen molar-refractivity contribution in [2.75, 3.05) is 20.2 Å². The predicted octanol–water partition coefficient (Wildman–Crippen LogP) is 2.82. The second-order valence-corrected chi connectivity index (χ2v) is 6.05. The average molecular weight is 338 g/mol. The molecule has 0 radical (unpaired) electrons. The third-order valence-electron chi connectivity index (χ3n) is 4.11. The molecule has 0 aliphatic carbocycles. The first kappa shape index (κ1) is 17.0. The van der Waals surface area contributed by atoms with E-state index in [-0.39, 0.29) is 5.91 Å². The van der Waals surface area contributed by atoms with E-state index in [1.165, 1.54) is 0 Å². The Balaban J connectivity index is 1.57. The minimum Gasteiger partial charge on any atom is -0.494 e. The fourth-order valence-electron chi connectivity index (χ4n) is 2.76. The average Bonchev–Trinajstić information content (AvgIpc) is 2.92. The van der Waals surface area contributed by atoms with Gasteiger partial charge in [-0.3, -0.25) is 9.48 Å². The largest absolute Gasteiger partial charge is 0.494 e. The molecule has 0 bridgehead atoms. The van der Waals surface area contributed by atoms with E-state index in [2.05, 4.69) is 10.1 Å². The van der Waals surface area contributed by atoms with Gasteiger partial charge in [-0.2, -0.15) is 5.10 Å². The SMILES string of the molecule is Cc1nn(C)c2ncc(C(=O)N(C)CCCOc3ccccc3)cc12. The van der Waals surface area contributed by atoms with Crippen LogP contribution < -0.4 is 4.74 Å². The molecule has 0 spiro atoms. The summed E-state index contributed by atoms with van der Waals surface area (Å²) in [5.41, 5.74) is 2.24. The van der Waals surface area contributed by atoms with Gasteiger partial charge in [0.15, 0.2) is 5.65 Å². The van der Waals surface area contributed by atoms with E-state index in [0.717, 1.165) is 28.9 Å².